The number of aromatic amines is 1. The minimum absolute atomic E-state index is 0.355. The van der Waals surface area contributed by atoms with Crippen LogP contribution in [0.3, 0.4) is 0 Å². The summed E-state index contributed by atoms with van der Waals surface area (Å²) in [7, 11) is 0. The number of halogens is 3. The molecule has 0 aliphatic rings. The lowest BCUT2D eigenvalue weighted by molar-refractivity contribution is 0.215. The van der Waals surface area contributed by atoms with Crippen LogP contribution in [0.2, 0.25) is 15.1 Å². The number of anilines is 1. The van der Waals surface area contributed by atoms with Gasteiger partial charge in [-0.15, -0.1) is 0 Å². The Morgan fingerprint density at radius 1 is 1.00 bits per heavy atom. The summed E-state index contributed by atoms with van der Waals surface area (Å²) in [5.74, 6) is 0.889. The third-order valence-corrected chi connectivity index (χ3v) is 5.32. The molecule has 0 aliphatic heterocycles. The zero-order valence-corrected chi connectivity index (χ0v) is 17.4. The lowest BCUT2D eigenvalue weighted by atomic mass is 10.2. The van der Waals surface area contributed by atoms with Crippen molar-refractivity contribution >= 4 is 57.6 Å². The largest absolute Gasteiger partial charge is 0.417 e. The predicted octanol–water partition coefficient (Wildman–Crippen LogP) is 7.11. The van der Waals surface area contributed by atoms with Crippen LogP contribution >= 0.6 is 34.8 Å². The molecule has 0 spiro atoms. The fraction of sp³-hybridized carbons (Fsp3) is 0.0476. The van der Waals surface area contributed by atoms with E-state index in [9.17, 15) is 4.79 Å². The molecule has 0 bridgehead atoms. The van der Waals surface area contributed by atoms with E-state index in [-0.39, 0.29) is 0 Å². The number of imidazole rings is 1. The number of carbonyl (C=O) groups excluding carboxylic acids is 1. The van der Waals surface area contributed by atoms with Gasteiger partial charge in [-0.05, 0) is 48.9 Å². The SMILES string of the molecule is Cc1ccc(NC(=O)Oc2ccc3nc(-c4c(Cl)cccc4Cl)[nH]c3c2)cc1Cl. The Labute approximate surface area is 181 Å². The lowest BCUT2D eigenvalue weighted by Crippen LogP contribution is -2.16. The lowest BCUT2D eigenvalue weighted by Gasteiger charge is -2.07. The number of aryl methyl sites for hydroxylation is 1. The average Bonchev–Trinajstić information content (AvgIpc) is 3.07. The number of nitrogens with one attached hydrogen (secondary N) is 2. The fourth-order valence-electron chi connectivity index (χ4n) is 2.82. The van der Waals surface area contributed by atoms with E-state index in [2.05, 4.69) is 15.3 Å². The number of fused-ring (bicyclic) bond motifs is 1. The van der Waals surface area contributed by atoms with Gasteiger partial charge in [0.25, 0.3) is 0 Å². The monoisotopic (exact) mass is 445 g/mol. The number of hydrogen-bond acceptors (Lipinski definition) is 3. The summed E-state index contributed by atoms with van der Waals surface area (Å²) >= 11 is 18.6. The molecule has 2 N–H and O–H groups in total. The van der Waals surface area contributed by atoms with Crippen molar-refractivity contribution in [1.82, 2.24) is 9.97 Å². The van der Waals surface area contributed by atoms with Gasteiger partial charge in [-0.1, -0.05) is 46.9 Å². The van der Waals surface area contributed by atoms with Crippen molar-refractivity contribution in [2.45, 2.75) is 6.92 Å². The van der Waals surface area contributed by atoms with Gasteiger partial charge in [-0.25, -0.2) is 9.78 Å². The van der Waals surface area contributed by atoms with Gasteiger partial charge in [0.2, 0.25) is 0 Å². The topological polar surface area (TPSA) is 67.0 Å². The minimum atomic E-state index is -0.627. The Kier molecular flexibility index (Phi) is 5.37. The van der Waals surface area contributed by atoms with Gasteiger partial charge in [-0.2, -0.15) is 0 Å². The standard InChI is InChI=1S/C21H14Cl3N3O2/c1-11-5-6-12(9-16(11)24)25-21(28)29-13-7-8-17-18(10-13)27-20(26-17)19-14(22)3-2-4-15(19)23/h2-10H,1H3,(H,25,28)(H,26,27). The van der Waals surface area contributed by atoms with Crippen molar-refractivity contribution in [2.75, 3.05) is 5.32 Å². The Bertz CT molecular complexity index is 1220. The molecule has 1 amide bonds. The molecular weight excluding hydrogens is 433 g/mol. The van der Waals surface area contributed by atoms with Gasteiger partial charge >= 0.3 is 6.09 Å². The number of ether oxygens (including phenoxy) is 1. The van der Waals surface area contributed by atoms with Crippen molar-refractivity contribution in [3.63, 3.8) is 0 Å². The molecule has 0 saturated heterocycles. The quantitative estimate of drug-likeness (QED) is 0.352. The van der Waals surface area contributed by atoms with E-state index in [0.717, 1.165) is 5.56 Å². The van der Waals surface area contributed by atoms with Crippen LogP contribution in [0.5, 0.6) is 5.75 Å². The Balaban J connectivity index is 1.56. The van der Waals surface area contributed by atoms with Crippen molar-refractivity contribution in [1.29, 1.82) is 0 Å². The first-order chi connectivity index (χ1) is 13.9. The number of rotatable bonds is 3. The van der Waals surface area contributed by atoms with Crippen LogP contribution in [0.4, 0.5) is 10.5 Å². The Hall–Kier alpha value is -2.73. The molecular formula is C21H14Cl3N3O2. The normalized spacial score (nSPS) is 10.9. The zero-order valence-electron chi connectivity index (χ0n) is 15.1. The van der Waals surface area contributed by atoms with Gasteiger partial charge in [0.05, 0.1) is 26.6 Å². The van der Waals surface area contributed by atoms with Crippen LogP contribution in [0.1, 0.15) is 5.56 Å². The fourth-order valence-corrected chi connectivity index (χ4v) is 3.57. The smallest absolute Gasteiger partial charge is 0.410 e. The van der Waals surface area contributed by atoms with Gasteiger partial charge < -0.3 is 9.72 Å². The molecule has 5 nitrogen and oxygen atoms in total. The number of hydrogen-bond donors (Lipinski definition) is 2. The van der Waals surface area contributed by atoms with Crippen molar-refractivity contribution in [3.8, 4) is 17.1 Å². The summed E-state index contributed by atoms with van der Waals surface area (Å²) in [6, 6.07) is 15.6. The Morgan fingerprint density at radius 3 is 2.48 bits per heavy atom. The van der Waals surface area contributed by atoms with Gasteiger partial charge in [0.1, 0.15) is 11.6 Å². The van der Waals surface area contributed by atoms with Gasteiger partial charge in [0.15, 0.2) is 0 Å². The van der Waals surface area contributed by atoms with Crippen LogP contribution in [-0.4, -0.2) is 16.1 Å². The highest BCUT2D eigenvalue weighted by molar-refractivity contribution is 6.39. The number of benzene rings is 3. The summed E-state index contributed by atoms with van der Waals surface area (Å²) in [5, 5.41) is 4.19. The molecule has 0 unspecified atom stereocenters. The molecule has 1 heterocycles. The first-order valence-electron chi connectivity index (χ1n) is 8.60. The molecule has 8 heteroatoms. The second kappa shape index (κ2) is 7.95. The van der Waals surface area contributed by atoms with Crippen LogP contribution < -0.4 is 10.1 Å². The molecule has 146 valence electrons. The maximum Gasteiger partial charge on any atom is 0.417 e. The third kappa shape index (κ3) is 4.17. The highest BCUT2D eigenvalue weighted by atomic mass is 35.5. The summed E-state index contributed by atoms with van der Waals surface area (Å²) in [6.07, 6.45) is -0.627. The molecule has 1 aromatic heterocycles. The predicted molar refractivity (Wildman–Crippen MR) is 117 cm³/mol. The first-order valence-corrected chi connectivity index (χ1v) is 9.73. The molecule has 3 aromatic carbocycles. The number of H-pyrrole nitrogens is 1. The second-order valence-electron chi connectivity index (χ2n) is 6.34. The van der Waals surface area contributed by atoms with E-state index in [1.165, 1.54) is 0 Å². The van der Waals surface area contributed by atoms with Crippen LogP contribution in [0.25, 0.3) is 22.4 Å². The maximum atomic E-state index is 12.2. The molecule has 0 saturated carbocycles. The molecule has 0 radical (unpaired) electrons. The molecule has 0 fully saturated rings. The molecule has 29 heavy (non-hydrogen) atoms. The molecule has 4 rings (SSSR count). The van der Waals surface area contributed by atoms with Crippen LogP contribution in [0, 0.1) is 6.92 Å². The minimum Gasteiger partial charge on any atom is -0.410 e. The average molecular weight is 447 g/mol. The molecule has 0 aliphatic carbocycles. The number of aromatic nitrogens is 2. The van der Waals surface area contributed by atoms with E-state index >= 15 is 0 Å². The maximum absolute atomic E-state index is 12.2. The number of nitrogens with zero attached hydrogens (tertiary/aromatic N) is 1. The van der Waals surface area contributed by atoms with E-state index in [1.807, 2.05) is 13.0 Å². The van der Waals surface area contributed by atoms with E-state index < -0.39 is 6.09 Å². The highest BCUT2D eigenvalue weighted by Gasteiger charge is 2.14. The van der Waals surface area contributed by atoms with Crippen molar-refractivity contribution < 1.29 is 9.53 Å². The second-order valence-corrected chi connectivity index (χ2v) is 7.56. The van der Waals surface area contributed by atoms with Crippen molar-refractivity contribution in [2.24, 2.45) is 0 Å². The third-order valence-electron chi connectivity index (χ3n) is 4.28. The molecule has 0 atom stereocenters. The highest BCUT2D eigenvalue weighted by Crippen LogP contribution is 2.34. The Morgan fingerprint density at radius 2 is 1.76 bits per heavy atom. The van der Waals surface area contributed by atoms with Gasteiger partial charge in [0, 0.05) is 16.8 Å². The van der Waals surface area contributed by atoms with E-state index in [4.69, 9.17) is 39.5 Å². The van der Waals surface area contributed by atoms with Crippen LogP contribution in [0.15, 0.2) is 54.6 Å². The summed E-state index contributed by atoms with van der Waals surface area (Å²) in [5.41, 5.74) is 3.45. The summed E-state index contributed by atoms with van der Waals surface area (Å²) in [6.45, 7) is 1.88. The van der Waals surface area contributed by atoms with E-state index in [1.54, 1.807) is 48.5 Å². The van der Waals surface area contributed by atoms with Crippen LogP contribution in [-0.2, 0) is 0 Å². The number of amides is 1. The summed E-state index contributed by atoms with van der Waals surface area (Å²) in [4.78, 5) is 19.9. The van der Waals surface area contributed by atoms with Gasteiger partial charge in [-0.3, -0.25) is 5.32 Å². The zero-order chi connectivity index (χ0) is 20.5. The van der Waals surface area contributed by atoms with Crippen molar-refractivity contribution in [3.05, 3.63) is 75.2 Å². The van der Waals surface area contributed by atoms with E-state index in [0.29, 0.717) is 48.9 Å². The summed E-state index contributed by atoms with van der Waals surface area (Å²) < 4.78 is 5.37. The number of carbonyl (C=O) groups is 1. The first kappa shape index (κ1) is 19.6. The molecule has 4 aromatic rings.